The number of amides is 7. The van der Waals surface area contributed by atoms with Gasteiger partial charge in [-0.3, -0.25) is 89.2 Å². The smallest absolute Gasteiger partial charge is 0.444 e. The summed E-state index contributed by atoms with van der Waals surface area (Å²) in [5.74, 6) is -7.21. The van der Waals surface area contributed by atoms with Gasteiger partial charge in [-0.05, 0) is 184 Å². The number of aromatic nitrogens is 7. The van der Waals surface area contributed by atoms with Crippen LogP contribution in [0.1, 0.15) is 127 Å². The van der Waals surface area contributed by atoms with Crippen molar-refractivity contribution < 1.29 is 123 Å². The molecule has 52 heteroatoms. The fourth-order valence-corrected chi connectivity index (χ4v) is 13.4. The maximum atomic E-state index is 14.1. The third kappa shape index (κ3) is 36.8. The molecule has 0 aliphatic carbocycles. The Morgan fingerprint density at radius 3 is 1.10 bits per heavy atom. The molecule has 0 spiro atoms. The van der Waals surface area contributed by atoms with Crippen LogP contribution in [0.5, 0.6) is 5.75 Å². The van der Waals surface area contributed by atoms with E-state index in [1.54, 1.807) is 71.6 Å². The maximum absolute atomic E-state index is 14.1. The number of nitrogens with two attached hydrogens (primary N) is 2. The lowest BCUT2D eigenvalue weighted by Crippen LogP contribution is -2.38. The topological polar surface area (TPSA) is 554 Å². The highest BCUT2D eigenvalue weighted by atomic mass is 35.5. The number of nitrogens with zero attached hydrogens (tertiary/aromatic N) is 16. The molecule has 0 bridgehead atoms. The molecule has 15 rings (SSSR count). The van der Waals surface area contributed by atoms with Crippen LogP contribution in [0.25, 0.3) is 33.8 Å². The van der Waals surface area contributed by atoms with Crippen molar-refractivity contribution in [2.75, 3.05) is 35.5 Å². The van der Waals surface area contributed by atoms with Crippen LogP contribution in [0.3, 0.4) is 0 Å². The van der Waals surface area contributed by atoms with Crippen molar-refractivity contribution in [2.45, 2.75) is 152 Å². The van der Waals surface area contributed by atoms with Gasteiger partial charge in [0, 0.05) is 133 Å². The van der Waals surface area contributed by atoms with Gasteiger partial charge in [-0.15, -0.1) is 11.6 Å². The molecule has 3 aliphatic rings. The maximum Gasteiger partial charge on any atom is 0.491 e. The van der Waals surface area contributed by atoms with E-state index in [9.17, 15) is 110 Å². The van der Waals surface area contributed by atoms with E-state index in [1.165, 1.54) is 142 Å². The first-order valence-electron chi connectivity index (χ1n) is 43.5. The second kappa shape index (κ2) is 56.4. The van der Waals surface area contributed by atoms with E-state index < -0.39 is 120 Å². The van der Waals surface area contributed by atoms with E-state index >= 15 is 0 Å². The second-order valence-corrected chi connectivity index (χ2v) is 34.3. The molecule has 3 aliphatic heterocycles. The van der Waals surface area contributed by atoms with Crippen LogP contribution in [-0.2, 0) is 101 Å². The van der Waals surface area contributed by atoms with Crippen LogP contribution >= 0.6 is 34.8 Å². The van der Waals surface area contributed by atoms with Crippen molar-refractivity contribution >= 4 is 141 Å². The third-order valence-electron chi connectivity index (χ3n) is 19.5. The number of benzene rings is 5. The number of hydrogen-bond donors (Lipinski definition) is 4. The number of pyridine rings is 7. The van der Waals surface area contributed by atoms with Gasteiger partial charge in [0.1, 0.15) is 45.4 Å². The highest BCUT2D eigenvalue weighted by Crippen LogP contribution is 2.37. The minimum absolute atomic E-state index is 0. The summed E-state index contributed by atoms with van der Waals surface area (Å²) in [5.41, 5.74) is 16.8. The number of fused-ring (bicyclic) bond motifs is 3. The zero-order chi connectivity index (χ0) is 111. The van der Waals surface area contributed by atoms with Crippen LogP contribution in [0.15, 0.2) is 213 Å². The molecule has 10 heterocycles. The van der Waals surface area contributed by atoms with E-state index in [2.05, 4.69) is 46.5 Å². The number of halogens is 10. The fraction of sp³-hybridized carbons (Fsp3) is 0.255. The van der Waals surface area contributed by atoms with Gasteiger partial charge in [0.05, 0.1) is 86.0 Å². The van der Waals surface area contributed by atoms with Crippen molar-refractivity contribution in [3.63, 3.8) is 0 Å². The molecule has 150 heavy (non-hydrogen) atoms. The van der Waals surface area contributed by atoms with Crippen molar-refractivity contribution in [1.29, 1.82) is 0 Å². The molecule has 0 unspecified atom stereocenters. The normalized spacial score (nSPS) is 11.6. The minimum atomic E-state index is -4.83. The molecule has 12 aromatic rings. The largest absolute Gasteiger partial charge is 0.491 e. The van der Waals surface area contributed by atoms with Gasteiger partial charge >= 0.3 is 60.2 Å². The number of nitrogen functional groups attached to an aromatic ring is 2. The predicted octanol–water partition coefficient (Wildman–Crippen LogP) is 18.7. The van der Waals surface area contributed by atoms with Crippen molar-refractivity contribution in [3.05, 3.63) is 332 Å². The average molecular weight is 2150 g/mol. The predicted molar refractivity (Wildman–Crippen MR) is 538 cm³/mol. The number of para-hydroxylation sites is 1. The number of methoxy groups -OCH3 is 2. The van der Waals surface area contributed by atoms with Gasteiger partial charge < -0.3 is 50.1 Å². The lowest BCUT2D eigenvalue weighted by molar-refractivity contribution is -0.384. The van der Waals surface area contributed by atoms with Crippen molar-refractivity contribution in [1.82, 2.24) is 49.6 Å². The first-order valence-corrected chi connectivity index (χ1v) is 44.8. The summed E-state index contributed by atoms with van der Waals surface area (Å²) in [4.78, 5) is 166. The minimum Gasteiger partial charge on any atom is -0.444 e. The van der Waals surface area contributed by atoms with Gasteiger partial charge in [-0.1, -0.05) is 91.8 Å². The molecule has 7 aromatic heterocycles. The molecule has 0 fully saturated rings. The van der Waals surface area contributed by atoms with E-state index in [0.29, 0.717) is 71.9 Å². The Hall–Kier alpha value is -16.6. The van der Waals surface area contributed by atoms with E-state index in [0.717, 1.165) is 71.4 Å². The van der Waals surface area contributed by atoms with Gasteiger partial charge in [0.25, 0.3) is 0 Å². The number of rotatable bonds is 16. The SMILES string of the molecule is C.CC(=O)Cl.CC(=O)N(C(=O)Oc1ccccc1)c1nc(-c2ccccc2F)ccc1[N+](=O)[O-].CC(=O)N(C(C)=O)c1nc(-c2ccccc2F)ccc1[N+](=O)[O-].CC(C)(C)OC(=O)N1Cc2cnc(CCl)cc2C1.COCc1cc2c(cn1)CN(C(=O)C(F)(F)F)C2.COCc1cc2c(cn1)CN(C(=O)OC(C)(C)C)C2.Nc1nc(-c2ccccc2F)ccc1[N+](=O)[O-].Nc1nc(Cl)ccc1[N+](=O)[O-].OB(O)c1ccccc1F. The molecule has 792 valence electrons. The summed E-state index contributed by atoms with van der Waals surface area (Å²) >= 11 is 15.8. The summed E-state index contributed by atoms with van der Waals surface area (Å²) in [6.45, 7) is 18.6. The molecule has 5 aromatic carbocycles. The zero-order valence-corrected chi connectivity index (χ0v) is 83.5. The van der Waals surface area contributed by atoms with Gasteiger partial charge in [-0.2, -0.15) is 18.1 Å². The molecule has 0 atom stereocenters. The number of alkyl halides is 4. The van der Waals surface area contributed by atoms with E-state index in [4.69, 9.17) is 68.4 Å². The van der Waals surface area contributed by atoms with Crippen molar-refractivity contribution in [3.8, 4) is 39.5 Å². The Morgan fingerprint density at radius 1 is 0.447 bits per heavy atom. The molecule has 0 saturated heterocycles. The van der Waals surface area contributed by atoms with E-state index in [1.807, 2.05) is 59.9 Å². The molecular weight excluding hydrogens is 2050 g/mol. The van der Waals surface area contributed by atoms with Crippen LogP contribution in [0.2, 0.25) is 5.15 Å². The molecule has 41 nitrogen and oxygen atoms in total. The number of carbonyl (C=O) groups excluding carboxylic acids is 8. The number of carbonyl (C=O) groups is 8. The molecule has 0 radical (unpaired) electrons. The highest BCUT2D eigenvalue weighted by Gasteiger charge is 2.44. The Labute approximate surface area is 867 Å². The number of hydrogen-bond acceptors (Lipinski definition) is 32. The zero-order valence-electron chi connectivity index (χ0n) is 81.2. The Bertz CT molecular complexity index is 6850. The standard InChI is InChI=1S/C20H14FN3O5.C15H12FN3O4.C14H20N2O3.C13H17ClN2O2.C11H11F3N2O2.C11H8FN3O2.C6H6BFO2.C5H4ClN3O2.C2H3ClO.CH4/c1-13(25)23(20(26)29-14-7-3-2-4-8-14)19-18(24(27)28)12-11-17(22-19)15-9-5-6-10-16(15)21;1-9(20)18(10(2)21)15-14(19(22)23)8-7-13(17-15)11-5-3-4-6-12(11)16;1-14(2,3)19-13(17)16-7-10-5-12(9-18-4)15-6-11(10)8-16;1-13(2,3)18-12(17)16-7-9-4-11(5-14)15-6-10(9)8-16;1-18-6-9-2-7-4-16(5-8(7)3-15-9)10(17)11(12,13)14;12-8-4-2-1-3-7(8)9-5-6-10(15(16)17)11(13)14-9;8-6-4-2-1-3-5(6)7(9)10;6-4-2-1-3(9(10)11)5(7)8-4;1-2(3)4;/h2-12H,1H3;3-8H,1-2H3;5-6H,7-9H2,1-4H3;4,6H,5,7-8H2,1-3H3;2-3H,4-6H2,1H3;1-6H,(H2,13,14);1-4,9-10H;1-2H,(H2,7,8);1H3;1H4. The molecular formula is C98H99BCl3F7N18O23. The van der Waals surface area contributed by atoms with Crippen LogP contribution in [0.4, 0.5) is 91.1 Å². The molecule has 7 amide bonds. The van der Waals surface area contributed by atoms with E-state index in [-0.39, 0.29) is 111 Å². The molecule has 0 saturated carbocycles. The van der Waals surface area contributed by atoms with Gasteiger partial charge in [0.2, 0.25) is 46.2 Å². The monoisotopic (exact) mass is 2140 g/mol. The van der Waals surface area contributed by atoms with Gasteiger partial charge in [0.15, 0.2) is 0 Å². The van der Waals surface area contributed by atoms with Crippen LogP contribution in [-0.4, -0.2) is 165 Å². The summed E-state index contributed by atoms with van der Waals surface area (Å²) in [6, 6.07) is 46.2. The number of imide groups is 2. The fourth-order valence-electron chi connectivity index (χ4n) is 13.1. The second-order valence-electron chi connectivity index (χ2n) is 33.1. The van der Waals surface area contributed by atoms with Crippen LogP contribution < -0.4 is 31.5 Å². The Balaban J connectivity index is 0.000000264. The molecule has 6 N–H and O–H groups in total. The summed E-state index contributed by atoms with van der Waals surface area (Å²) in [5, 5.41) is 60.1. The lowest BCUT2D eigenvalue weighted by atomic mass is 9.80. The van der Waals surface area contributed by atoms with Gasteiger partial charge in [-0.25, -0.2) is 56.8 Å². The number of nitro groups is 4. The quantitative estimate of drug-likeness (QED) is 0.0133. The number of anilines is 4. The summed E-state index contributed by atoms with van der Waals surface area (Å²) in [7, 11) is 1.43. The summed E-state index contributed by atoms with van der Waals surface area (Å²) < 4.78 is 117. The van der Waals surface area contributed by atoms with Crippen LogP contribution in [0, 0.1) is 63.7 Å². The third-order valence-corrected chi connectivity index (χ3v) is 20.0. The Morgan fingerprint density at radius 2 is 0.767 bits per heavy atom. The first-order chi connectivity index (χ1) is 70.0. The average Bonchev–Trinajstić information content (AvgIpc) is 1.12. The lowest BCUT2D eigenvalue weighted by Gasteiger charge is -2.24. The Kier molecular flexibility index (Phi) is 45.9. The summed E-state index contributed by atoms with van der Waals surface area (Å²) in [6.07, 6.45) is -1.47. The first kappa shape index (κ1) is 122. The number of ether oxygens (including phenoxy) is 5. The van der Waals surface area contributed by atoms with Crippen molar-refractivity contribution in [2.24, 2.45) is 0 Å². The highest BCUT2D eigenvalue weighted by molar-refractivity contribution is 6.62.